The van der Waals surface area contributed by atoms with Crippen molar-refractivity contribution in [3.8, 4) is 11.4 Å². The van der Waals surface area contributed by atoms with Gasteiger partial charge < -0.3 is 14.8 Å². The van der Waals surface area contributed by atoms with Crippen LogP contribution in [0, 0.1) is 0 Å². The van der Waals surface area contributed by atoms with Gasteiger partial charge in [0.25, 0.3) is 0 Å². The van der Waals surface area contributed by atoms with E-state index in [9.17, 15) is 9.59 Å². The molecule has 9 heteroatoms. The van der Waals surface area contributed by atoms with Crippen molar-refractivity contribution in [3.05, 3.63) is 36.0 Å². The molecule has 0 unspecified atom stereocenters. The van der Waals surface area contributed by atoms with Crippen LogP contribution in [0.4, 0.5) is 5.69 Å². The number of benzene rings is 1. The molecule has 2 aromatic rings. The fourth-order valence-corrected chi connectivity index (χ4v) is 1.72. The number of hydrogen-bond donors (Lipinski definition) is 1. The molecule has 2 rings (SSSR count). The Morgan fingerprint density at radius 3 is 2.65 bits per heavy atom. The first-order valence-electron chi connectivity index (χ1n) is 6.53. The first-order valence-corrected chi connectivity index (χ1v) is 6.53. The fourth-order valence-electron chi connectivity index (χ4n) is 1.72. The van der Waals surface area contributed by atoms with Gasteiger partial charge in [0.05, 0.1) is 27.3 Å². The Morgan fingerprint density at radius 2 is 2.04 bits per heavy atom. The molecular formula is C14H15N5O4. The maximum Gasteiger partial charge on any atom is 0.354 e. The van der Waals surface area contributed by atoms with Gasteiger partial charge in [0, 0.05) is 11.3 Å². The third-order valence-electron chi connectivity index (χ3n) is 2.78. The van der Waals surface area contributed by atoms with Crippen molar-refractivity contribution in [2.75, 3.05) is 19.5 Å². The van der Waals surface area contributed by atoms with Crippen LogP contribution in [-0.4, -0.2) is 46.4 Å². The van der Waals surface area contributed by atoms with E-state index in [-0.39, 0.29) is 5.70 Å². The molecule has 0 saturated carbocycles. The molecular weight excluding hydrogens is 302 g/mol. The number of methoxy groups -OCH3 is 2. The molecule has 1 heterocycles. The summed E-state index contributed by atoms with van der Waals surface area (Å²) in [6, 6.07) is 6.98. The number of aromatic nitrogens is 4. The lowest BCUT2D eigenvalue weighted by molar-refractivity contribution is -0.138. The predicted molar refractivity (Wildman–Crippen MR) is 80.0 cm³/mol. The summed E-state index contributed by atoms with van der Waals surface area (Å²) < 4.78 is 9.15. The number of hydrogen-bond acceptors (Lipinski definition) is 8. The van der Waals surface area contributed by atoms with Crippen molar-refractivity contribution in [2.45, 2.75) is 0 Å². The summed E-state index contributed by atoms with van der Waals surface area (Å²) in [5.74, 6) is -0.934. The number of nitrogens with zero attached hydrogens (tertiary/aromatic N) is 4. The Kier molecular flexibility index (Phi) is 5.03. The average molecular weight is 317 g/mol. The van der Waals surface area contributed by atoms with E-state index in [2.05, 4.69) is 30.2 Å². The molecule has 0 aliphatic rings. The topological polar surface area (TPSA) is 108 Å². The summed E-state index contributed by atoms with van der Waals surface area (Å²) in [6.07, 6.45) is 1.01. The maximum atomic E-state index is 11.7. The standard InChI is InChI=1S/C14H15N5O4/c1-19-17-13(16-18-19)9-5-4-6-10(7-9)15-11(14(21)23-3)8-12(20)22-2/h4-8,15H,1-3H3/b11-8+. The van der Waals surface area contributed by atoms with Crippen molar-refractivity contribution < 1.29 is 19.1 Å². The Labute approximate surface area is 131 Å². The lowest BCUT2D eigenvalue weighted by Crippen LogP contribution is -2.15. The molecule has 23 heavy (non-hydrogen) atoms. The number of tetrazole rings is 1. The summed E-state index contributed by atoms with van der Waals surface area (Å²) in [4.78, 5) is 24.4. The highest BCUT2D eigenvalue weighted by atomic mass is 16.5. The van der Waals surface area contributed by atoms with E-state index in [0.717, 1.165) is 6.08 Å². The highest BCUT2D eigenvalue weighted by Gasteiger charge is 2.13. The first-order chi connectivity index (χ1) is 11.0. The first kappa shape index (κ1) is 16.1. The molecule has 9 nitrogen and oxygen atoms in total. The summed E-state index contributed by atoms with van der Waals surface area (Å²) in [5, 5.41) is 14.6. The van der Waals surface area contributed by atoms with E-state index in [0.29, 0.717) is 17.1 Å². The normalized spacial score (nSPS) is 11.0. The van der Waals surface area contributed by atoms with Crippen LogP contribution in [-0.2, 0) is 26.1 Å². The quantitative estimate of drug-likeness (QED) is 0.628. The van der Waals surface area contributed by atoms with Crippen LogP contribution in [0.2, 0.25) is 0 Å². The molecule has 0 saturated heterocycles. The molecule has 0 aliphatic carbocycles. The molecule has 0 aliphatic heterocycles. The van der Waals surface area contributed by atoms with Crippen LogP contribution >= 0.6 is 0 Å². The van der Waals surface area contributed by atoms with Crippen LogP contribution in [0.3, 0.4) is 0 Å². The van der Waals surface area contributed by atoms with Crippen molar-refractivity contribution in [3.63, 3.8) is 0 Å². The zero-order valence-electron chi connectivity index (χ0n) is 12.8. The van der Waals surface area contributed by atoms with Crippen molar-refractivity contribution in [1.82, 2.24) is 20.2 Å². The van der Waals surface area contributed by atoms with Crippen LogP contribution < -0.4 is 5.32 Å². The van der Waals surface area contributed by atoms with Gasteiger partial charge in [0.15, 0.2) is 0 Å². The third-order valence-corrected chi connectivity index (χ3v) is 2.78. The van der Waals surface area contributed by atoms with E-state index < -0.39 is 11.9 Å². The summed E-state index contributed by atoms with van der Waals surface area (Å²) in [7, 11) is 4.09. The van der Waals surface area contributed by atoms with Gasteiger partial charge in [-0.3, -0.25) is 0 Å². The molecule has 0 amide bonds. The van der Waals surface area contributed by atoms with Crippen LogP contribution in [0.25, 0.3) is 11.4 Å². The lowest BCUT2D eigenvalue weighted by Gasteiger charge is -2.09. The van der Waals surface area contributed by atoms with Crippen LogP contribution in [0.15, 0.2) is 36.0 Å². The molecule has 0 bridgehead atoms. The Morgan fingerprint density at radius 1 is 1.26 bits per heavy atom. The second-order valence-electron chi connectivity index (χ2n) is 4.38. The number of carbonyl (C=O) groups excluding carboxylic acids is 2. The lowest BCUT2D eigenvalue weighted by atomic mass is 10.2. The van der Waals surface area contributed by atoms with Gasteiger partial charge in [-0.15, -0.1) is 10.2 Å². The maximum absolute atomic E-state index is 11.7. The van der Waals surface area contributed by atoms with E-state index in [4.69, 9.17) is 0 Å². The van der Waals surface area contributed by atoms with Gasteiger partial charge in [0.2, 0.25) is 5.82 Å². The Bertz CT molecular complexity index is 753. The molecule has 1 aromatic heterocycles. The summed E-state index contributed by atoms with van der Waals surface area (Å²) >= 11 is 0. The smallest absolute Gasteiger partial charge is 0.354 e. The number of rotatable bonds is 5. The van der Waals surface area contributed by atoms with Crippen molar-refractivity contribution >= 4 is 17.6 Å². The van der Waals surface area contributed by atoms with Gasteiger partial charge in [-0.2, -0.15) is 4.80 Å². The van der Waals surface area contributed by atoms with Gasteiger partial charge in [-0.25, -0.2) is 9.59 Å². The summed E-state index contributed by atoms with van der Waals surface area (Å²) in [6.45, 7) is 0. The molecule has 1 N–H and O–H groups in total. The van der Waals surface area contributed by atoms with E-state index in [1.165, 1.54) is 19.0 Å². The van der Waals surface area contributed by atoms with Crippen LogP contribution in [0.5, 0.6) is 0 Å². The molecule has 0 atom stereocenters. The highest BCUT2D eigenvalue weighted by molar-refractivity contribution is 5.98. The minimum Gasteiger partial charge on any atom is -0.466 e. The second kappa shape index (κ2) is 7.16. The zero-order chi connectivity index (χ0) is 16.8. The van der Waals surface area contributed by atoms with Gasteiger partial charge in [-0.1, -0.05) is 12.1 Å². The Hall–Kier alpha value is -3.23. The van der Waals surface area contributed by atoms with Crippen molar-refractivity contribution in [1.29, 1.82) is 0 Å². The number of carbonyl (C=O) groups is 2. The number of anilines is 1. The highest BCUT2D eigenvalue weighted by Crippen LogP contribution is 2.20. The number of aryl methyl sites for hydroxylation is 1. The third kappa shape index (κ3) is 4.13. The van der Waals surface area contributed by atoms with Gasteiger partial charge in [-0.05, 0) is 17.3 Å². The van der Waals surface area contributed by atoms with E-state index >= 15 is 0 Å². The minimum atomic E-state index is -0.696. The van der Waals surface area contributed by atoms with Crippen molar-refractivity contribution in [2.24, 2.45) is 7.05 Å². The van der Waals surface area contributed by atoms with Gasteiger partial charge >= 0.3 is 11.9 Å². The monoisotopic (exact) mass is 317 g/mol. The number of ether oxygens (including phenoxy) is 2. The predicted octanol–water partition coefficient (Wildman–Crippen LogP) is 0.519. The molecule has 0 spiro atoms. The summed E-state index contributed by atoms with van der Waals surface area (Å²) in [5.41, 5.74) is 1.20. The van der Waals surface area contributed by atoms with E-state index in [1.54, 1.807) is 31.3 Å². The average Bonchev–Trinajstić information content (AvgIpc) is 3.00. The zero-order valence-corrected chi connectivity index (χ0v) is 12.8. The minimum absolute atomic E-state index is 0.0522. The number of esters is 2. The Balaban J connectivity index is 2.28. The molecule has 120 valence electrons. The van der Waals surface area contributed by atoms with Crippen LogP contribution in [0.1, 0.15) is 0 Å². The molecule has 0 radical (unpaired) electrons. The SMILES string of the molecule is COC(=O)/C=C(/Nc1cccc(-c2nnn(C)n2)c1)C(=O)OC. The largest absolute Gasteiger partial charge is 0.466 e. The van der Waals surface area contributed by atoms with E-state index in [1.807, 2.05) is 0 Å². The fraction of sp³-hybridized carbons (Fsp3) is 0.214. The molecule has 0 fully saturated rings. The second-order valence-corrected chi connectivity index (χ2v) is 4.38. The van der Waals surface area contributed by atoms with Gasteiger partial charge in [0.1, 0.15) is 5.70 Å². The number of nitrogens with one attached hydrogen (secondary N) is 1. The molecule has 1 aromatic carbocycles.